The van der Waals surface area contributed by atoms with Gasteiger partial charge in [-0.25, -0.2) is 0 Å². The van der Waals surface area contributed by atoms with Crippen LogP contribution < -0.4 is 5.32 Å². The molecule has 4 nitrogen and oxygen atoms in total. The maximum absolute atomic E-state index is 5.18. The van der Waals surface area contributed by atoms with Gasteiger partial charge in [-0.1, -0.05) is 0 Å². The highest BCUT2D eigenvalue weighted by atomic mass is 79.9. The summed E-state index contributed by atoms with van der Waals surface area (Å²) in [4.78, 5) is 0. The van der Waals surface area contributed by atoms with Gasteiger partial charge in [0.2, 0.25) is 0 Å². The van der Waals surface area contributed by atoms with E-state index in [9.17, 15) is 0 Å². The highest BCUT2D eigenvalue weighted by Crippen LogP contribution is 2.25. The maximum Gasteiger partial charge on any atom is 0.0738 e. The van der Waals surface area contributed by atoms with Crippen molar-refractivity contribution < 1.29 is 4.74 Å². The fourth-order valence-corrected chi connectivity index (χ4v) is 2.10. The monoisotopic (exact) mass is 275 g/mol. The van der Waals surface area contributed by atoms with Gasteiger partial charge in [0.25, 0.3) is 0 Å². The number of nitrogens with one attached hydrogen (secondary N) is 1. The van der Waals surface area contributed by atoms with E-state index in [0.29, 0.717) is 12.6 Å². The van der Waals surface area contributed by atoms with E-state index >= 15 is 0 Å². The van der Waals surface area contributed by atoms with Crippen LogP contribution in [0.2, 0.25) is 0 Å². The number of ether oxygens (including phenoxy) is 1. The molecule has 0 aliphatic rings. The lowest BCUT2D eigenvalue weighted by molar-refractivity contribution is 0.165. The zero-order chi connectivity index (χ0) is 11.4. The number of likely N-dealkylation sites (N-methyl/N-ethyl adjacent to an activating group) is 1. The zero-order valence-corrected chi connectivity index (χ0v) is 11.2. The van der Waals surface area contributed by atoms with E-state index in [-0.39, 0.29) is 6.04 Å². The molecule has 0 aromatic carbocycles. The van der Waals surface area contributed by atoms with Crippen LogP contribution >= 0.6 is 15.9 Å². The maximum atomic E-state index is 5.18. The summed E-state index contributed by atoms with van der Waals surface area (Å²) in [5.74, 6) is 0. The van der Waals surface area contributed by atoms with Gasteiger partial charge >= 0.3 is 0 Å². The highest BCUT2D eigenvalue weighted by molar-refractivity contribution is 9.10. The van der Waals surface area contributed by atoms with Crippen molar-refractivity contribution in [3.63, 3.8) is 0 Å². The Kier molecular flexibility index (Phi) is 4.76. The van der Waals surface area contributed by atoms with Gasteiger partial charge in [-0.05, 0) is 36.8 Å². The molecule has 1 aromatic heterocycles. The predicted molar refractivity (Wildman–Crippen MR) is 64.0 cm³/mol. The highest BCUT2D eigenvalue weighted by Gasteiger charge is 2.19. The molecule has 0 radical (unpaired) electrons. The molecular weight excluding hydrogens is 258 g/mol. The van der Waals surface area contributed by atoms with Crippen LogP contribution in [0, 0.1) is 0 Å². The lowest BCUT2D eigenvalue weighted by atomic mass is 10.2. The first-order chi connectivity index (χ1) is 7.11. The Morgan fingerprint density at radius 3 is 2.73 bits per heavy atom. The minimum Gasteiger partial charge on any atom is -0.383 e. The molecule has 5 heteroatoms. The van der Waals surface area contributed by atoms with Gasteiger partial charge in [0.1, 0.15) is 0 Å². The van der Waals surface area contributed by atoms with Crippen LogP contribution in [0.25, 0.3) is 0 Å². The Hall–Kier alpha value is -0.390. The van der Waals surface area contributed by atoms with Gasteiger partial charge in [0, 0.05) is 13.2 Å². The second-order valence-electron chi connectivity index (χ2n) is 3.71. The summed E-state index contributed by atoms with van der Waals surface area (Å²) in [6.07, 6.45) is 1.83. The second-order valence-corrected chi connectivity index (χ2v) is 4.57. The van der Waals surface area contributed by atoms with Gasteiger partial charge in [-0.3, -0.25) is 4.68 Å². The average molecular weight is 276 g/mol. The molecule has 0 amide bonds. The van der Waals surface area contributed by atoms with Crippen molar-refractivity contribution in [1.29, 1.82) is 0 Å². The number of rotatable bonds is 5. The molecule has 0 spiro atoms. The molecule has 0 saturated carbocycles. The van der Waals surface area contributed by atoms with Crippen LogP contribution in [0.3, 0.4) is 0 Å². The standard InChI is InChI=1S/C10H18BrN3O/c1-7(2)14-10(8(11)5-13-14)9(12-3)6-15-4/h5,7,9,12H,6H2,1-4H3. The number of nitrogens with zero attached hydrogens (tertiary/aromatic N) is 2. The number of hydrogen-bond acceptors (Lipinski definition) is 3. The third kappa shape index (κ3) is 2.80. The Morgan fingerprint density at radius 2 is 2.27 bits per heavy atom. The van der Waals surface area contributed by atoms with Gasteiger partial charge in [0.05, 0.1) is 29.0 Å². The first kappa shape index (κ1) is 12.7. The van der Waals surface area contributed by atoms with Crippen molar-refractivity contribution in [2.75, 3.05) is 20.8 Å². The number of methoxy groups -OCH3 is 1. The van der Waals surface area contributed by atoms with Crippen LogP contribution in [-0.2, 0) is 4.74 Å². The van der Waals surface area contributed by atoms with Crippen LogP contribution in [0.5, 0.6) is 0 Å². The molecule has 1 heterocycles. The number of halogens is 1. The smallest absolute Gasteiger partial charge is 0.0738 e. The summed E-state index contributed by atoms with van der Waals surface area (Å²) in [5, 5.41) is 7.57. The molecule has 0 bridgehead atoms. The number of aromatic nitrogens is 2. The van der Waals surface area contributed by atoms with Crippen molar-refractivity contribution in [3.8, 4) is 0 Å². The largest absolute Gasteiger partial charge is 0.383 e. The second kappa shape index (κ2) is 5.63. The topological polar surface area (TPSA) is 39.1 Å². The summed E-state index contributed by atoms with van der Waals surface area (Å²) >= 11 is 3.52. The average Bonchev–Trinajstić information content (AvgIpc) is 2.57. The molecule has 15 heavy (non-hydrogen) atoms. The molecule has 0 aliphatic carbocycles. The fraction of sp³-hybridized carbons (Fsp3) is 0.700. The summed E-state index contributed by atoms with van der Waals surface area (Å²) in [6, 6.07) is 0.508. The first-order valence-corrected chi connectivity index (χ1v) is 5.80. The van der Waals surface area contributed by atoms with Gasteiger partial charge in [-0.2, -0.15) is 5.10 Å². The van der Waals surface area contributed by atoms with Crippen molar-refractivity contribution in [3.05, 3.63) is 16.4 Å². The molecule has 1 rings (SSSR count). The number of hydrogen-bond donors (Lipinski definition) is 1. The van der Waals surface area contributed by atoms with E-state index in [4.69, 9.17) is 4.74 Å². The first-order valence-electron chi connectivity index (χ1n) is 5.00. The lowest BCUT2D eigenvalue weighted by Crippen LogP contribution is -2.25. The summed E-state index contributed by atoms with van der Waals surface area (Å²) < 4.78 is 8.21. The van der Waals surface area contributed by atoms with Crippen LogP contribution in [0.15, 0.2) is 10.7 Å². The van der Waals surface area contributed by atoms with E-state index in [2.05, 4.69) is 40.2 Å². The predicted octanol–water partition coefficient (Wildman–Crippen LogP) is 2.13. The fourth-order valence-electron chi connectivity index (χ4n) is 1.55. The Bertz CT molecular complexity index is 312. The van der Waals surface area contributed by atoms with E-state index in [1.165, 1.54) is 0 Å². The lowest BCUT2D eigenvalue weighted by Gasteiger charge is -2.19. The molecule has 86 valence electrons. The third-order valence-corrected chi connectivity index (χ3v) is 2.90. The van der Waals surface area contributed by atoms with Gasteiger partial charge < -0.3 is 10.1 Å². The molecule has 1 unspecified atom stereocenters. The van der Waals surface area contributed by atoms with Gasteiger partial charge in [0.15, 0.2) is 0 Å². The molecule has 1 aromatic rings. The van der Waals surface area contributed by atoms with Crippen LogP contribution in [0.4, 0.5) is 0 Å². The van der Waals surface area contributed by atoms with Crippen molar-refractivity contribution in [2.45, 2.75) is 25.9 Å². The summed E-state index contributed by atoms with van der Waals surface area (Å²) in [5.41, 5.74) is 1.13. The Morgan fingerprint density at radius 1 is 1.60 bits per heavy atom. The molecule has 0 aliphatic heterocycles. The quantitative estimate of drug-likeness (QED) is 0.895. The Labute approximate surface area is 99.1 Å². The SMILES string of the molecule is CNC(COC)c1c(Br)cnn1C(C)C. The minimum atomic E-state index is 0.161. The van der Waals surface area contributed by atoms with E-state index in [1.54, 1.807) is 7.11 Å². The summed E-state index contributed by atoms with van der Waals surface area (Å²) in [6.45, 7) is 4.86. The van der Waals surface area contributed by atoms with Crippen molar-refractivity contribution in [2.24, 2.45) is 0 Å². The summed E-state index contributed by atoms with van der Waals surface area (Å²) in [7, 11) is 3.63. The van der Waals surface area contributed by atoms with Gasteiger partial charge in [-0.15, -0.1) is 0 Å². The van der Waals surface area contributed by atoms with Crippen LogP contribution in [-0.4, -0.2) is 30.5 Å². The van der Waals surface area contributed by atoms with E-state index in [0.717, 1.165) is 10.2 Å². The normalized spacial score (nSPS) is 13.5. The molecular formula is C10H18BrN3O. The zero-order valence-electron chi connectivity index (χ0n) is 9.62. The third-order valence-electron chi connectivity index (χ3n) is 2.29. The molecule has 0 saturated heterocycles. The van der Waals surface area contributed by atoms with Crippen molar-refractivity contribution in [1.82, 2.24) is 15.1 Å². The molecule has 1 atom stereocenters. The van der Waals surface area contributed by atoms with E-state index in [1.807, 2.05) is 17.9 Å². The molecule has 1 N–H and O–H groups in total. The van der Waals surface area contributed by atoms with Crippen LogP contribution in [0.1, 0.15) is 31.6 Å². The van der Waals surface area contributed by atoms with Crippen molar-refractivity contribution >= 4 is 15.9 Å². The van der Waals surface area contributed by atoms with E-state index < -0.39 is 0 Å². The molecule has 0 fully saturated rings. The Balaban J connectivity index is 3.03. The minimum absolute atomic E-state index is 0.161.